The summed E-state index contributed by atoms with van der Waals surface area (Å²) in [5.41, 5.74) is 0.576. The molecule has 4 nitrogen and oxygen atoms in total. The highest BCUT2D eigenvalue weighted by Crippen LogP contribution is 2.41. The van der Waals surface area contributed by atoms with Gasteiger partial charge in [-0.3, -0.25) is 4.79 Å². The minimum absolute atomic E-state index is 0.0687. The van der Waals surface area contributed by atoms with E-state index in [0.29, 0.717) is 31.6 Å². The molecule has 1 saturated carbocycles. The van der Waals surface area contributed by atoms with Crippen molar-refractivity contribution < 1.29 is 18.4 Å². The van der Waals surface area contributed by atoms with E-state index in [1.807, 2.05) is 6.92 Å². The smallest absolute Gasteiger partial charge is 0.193 e. The molecule has 0 aromatic carbocycles. The van der Waals surface area contributed by atoms with Crippen molar-refractivity contribution in [2.75, 3.05) is 13.2 Å². The van der Waals surface area contributed by atoms with Crippen LogP contribution < -0.4 is 0 Å². The fourth-order valence-electron chi connectivity index (χ4n) is 2.88. The van der Waals surface area contributed by atoms with Crippen molar-refractivity contribution in [1.82, 2.24) is 0 Å². The van der Waals surface area contributed by atoms with Gasteiger partial charge in [-0.1, -0.05) is 60.0 Å². The Morgan fingerprint density at radius 1 is 1.06 bits per heavy atom. The van der Waals surface area contributed by atoms with Crippen LogP contribution in [-0.2, 0) is 18.4 Å². The van der Waals surface area contributed by atoms with Crippen LogP contribution in [0, 0.1) is 17.8 Å². The van der Waals surface area contributed by atoms with Crippen LogP contribution >= 0.6 is 0 Å². The van der Waals surface area contributed by atoms with Crippen molar-refractivity contribution in [2.45, 2.75) is 110 Å². The van der Waals surface area contributed by atoms with Crippen molar-refractivity contribution in [1.29, 1.82) is 0 Å². The lowest BCUT2D eigenvalue weighted by atomic mass is 10.0. The predicted octanol–water partition coefficient (Wildman–Crippen LogP) is 6.34. The van der Waals surface area contributed by atoms with Gasteiger partial charge in [-0.2, -0.15) is 0 Å². The van der Waals surface area contributed by atoms with Crippen LogP contribution in [0.15, 0.2) is 12.2 Å². The van der Waals surface area contributed by atoms with E-state index in [4.69, 9.17) is 13.6 Å². The topological polar surface area (TPSA) is 44.8 Å². The zero-order valence-corrected chi connectivity index (χ0v) is 23.9. The molecule has 0 heterocycles. The molecule has 0 spiro atoms. The first kappa shape index (κ1) is 28.3. The van der Waals surface area contributed by atoms with E-state index in [9.17, 15) is 4.79 Å². The summed E-state index contributed by atoms with van der Waals surface area (Å²) >= 11 is 0. The van der Waals surface area contributed by atoms with Crippen LogP contribution in [0.1, 0.15) is 61.3 Å². The van der Waals surface area contributed by atoms with Crippen LogP contribution in [0.3, 0.4) is 0 Å². The van der Waals surface area contributed by atoms with Crippen molar-refractivity contribution in [2.24, 2.45) is 5.92 Å². The van der Waals surface area contributed by atoms with Gasteiger partial charge in [0.15, 0.2) is 22.4 Å². The molecule has 6 heteroatoms. The third-order valence-electron chi connectivity index (χ3n) is 7.12. The minimum atomic E-state index is -2.02. The van der Waals surface area contributed by atoms with Crippen LogP contribution in [0.25, 0.3) is 0 Å². The summed E-state index contributed by atoms with van der Waals surface area (Å²) in [6.07, 6.45) is 0.657. The maximum atomic E-state index is 12.5. The number of hydrogen-bond acceptors (Lipinski definition) is 4. The number of carbonyl (C=O) groups excluding carboxylic acids is 1. The quantitative estimate of drug-likeness (QED) is 0.181. The van der Waals surface area contributed by atoms with Crippen LogP contribution in [0.4, 0.5) is 0 Å². The van der Waals surface area contributed by atoms with Gasteiger partial charge >= 0.3 is 0 Å². The van der Waals surface area contributed by atoms with Gasteiger partial charge < -0.3 is 13.6 Å². The fourth-order valence-corrected chi connectivity index (χ4v) is 5.46. The molecule has 0 saturated heterocycles. The number of rotatable bonds is 8. The first-order valence-electron chi connectivity index (χ1n) is 11.6. The molecule has 178 valence electrons. The lowest BCUT2D eigenvalue weighted by molar-refractivity contribution is -0.115. The average molecular weight is 467 g/mol. The van der Waals surface area contributed by atoms with Gasteiger partial charge in [-0.25, -0.2) is 0 Å². The van der Waals surface area contributed by atoms with E-state index in [1.54, 1.807) is 0 Å². The average Bonchev–Trinajstić information content (AvgIpc) is 2.83. The van der Waals surface area contributed by atoms with Gasteiger partial charge in [0.1, 0.15) is 6.10 Å². The summed E-state index contributed by atoms with van der Waals surface area (Å²) in [5, 5.41) is 0.170. The second kappa shape index (κ2) is 10.5. The van der Waals surface area contributed by atoms with E-state index in [2.05, 4.69) is 86.2 Å². The van der Waals surface area contributed by atoms with Crippen molar-refractivity contribution in [3.63, 3.8) is 0 Å². The van der Waals surface area contributed by atoms with Gasteiger partial charge in [0.25, 0.3) is 0 Å². The summed E-state index contributed by atoms with van der Waals surface area (Å²) < 4.78 is 18.8. The molecular formula is C25H46O4Si2. The van der Waals surface area contributed by atoms with Gasteiger partial charge in [0.05, 0.1) is 12.0 Å². The summed E-state index contributed by atoms with van der Waals surface area (Å²) in [6.45, 7) is 29.6. The first-order valence-corrected chi connectivity index (χ1v) is 17.4. The van der Waals surface area contributed by atoms with E-state index < -0.39 is 16.6 Å². The number of hydrogen-bond donors (Lipinski definition) is 0. The van der Waals surface area contributed by atoms with Crippen LogP contribution in [0.5, 0.6) is 0 Å². The highest BCUT2D eigenvalue weighted by molar-refractivity contribution is 6.74. The maximum absolute atomic E-state index is 12.5. The minimum Gasteiger partial charge on any atom is -0.412 e. The Kier molecular flexibility index (Phi) is 9.57. The normalized spacial score (nSPS) is 21.8. The fraction of sp³-hybridized carbons (Fsp3) is 0.800. The molecule has 0 aromatic heterocycles. The molecule has 0 aromatic rings. The Hall–Kier alpha value is -0.716. The molecule has 1 aliphatic rings. The Labute approximate surface area is 193 Å². The van der Waals surface area contributed by atoms with Crippen LogP contribution in [-0.4, -0.2) is 47.8 Å². The van der Waals surface area contributed by atoms with Crippen molar-refractivity contribution in [3.8, 4) is 11.8 Å². The van der Waals surface area contributed by atoms with Gasteiger partial charge in [-0.15, -0.1) is 0 Å². The lowest BCUT2D eigenvalue weighted by Gasteiger charge is -2.39. The third-order valence-corrected chi connectivity index (χ3v) is 16.1. The van der Waals surface area contributed by atoms with Gasteiger partial charge in [-0.05, 0) is 43.2 Å². The molecule has 0 unspecified atom stereocenters. The van der Waals surface area contributed by atoms with E-state index in [1.165, 1.54) is 0 Å². The summed E-state index contributed by atoms with van der Waals surface area (Å²) in [6, 6.07) is 0. The Morgan fingerprint density at radius 2 is 1.61 bits per heavy atom. The molecule has 0 amide bonds. The molecule has 0 radical (unpaired) electrons. The summed E-state index contributed by atoms with van der Waals surface area (Å²) in [7, 11) is -4.01. The zero-order chi connectivity index (χ0) is 24.3. The molecular weight excluding hydrogens is 420 g/mol. The molecule has 31 heavy (non-hydrogen) atoms. The zero-order valence-electron chi connectivity index (χ0n) is 21.9. The molecule has 1 fully saturated rings. The van der Waals surface area contributed by atoms with E-state index >= 15 is 0 Å². The Morgan fingerprint density at radius 3 is 2.10 bits per heavy atom. The standard InChI is InChI=1S/C25H46O4Si2/c1-13-27-17-16-20(28-30(9,10)24(3,4)5)14-15-21-19(2)22(26)18-23(21)29-31(11,12)25(6,7)8/h20-21,23H,2,13,16-18H2,1,3-12H3/t20-,21+,23+/m0/s1. The summed E-state index contributed by atoms with van der Waals surface area (Å²) in [4.78, 5) is 12.5. The number of carbonyl (C=O) groups is 1. The molecule has 0 aliphatic heterocycles. The molecule has 1 rings (SSSR count). The first-order chi connectivity index (χ1) is 13.9. The largest absolute Gasteiger partial charge is 0.412 e. The highest BCUT2D eigenvalue weighted by Gasteiger charge is 2.45. The number of Topliss-reactive ketones (excluding diaryl/α,β-unsaturated/α-hetero) is 1. The van der Waals surface area contributed by atoms with Crippen molar-refractivity contribution >= 4 is 22.4 Å². The second-order valence-electron chi connectivity index (χ2n) is 11.7. The maximum Gasteiger partial charge on any atom is 0.193 e. The Bertz CT molecular complexity index is 702. The predicted molar refractivity (Wildman–Crippen MR) is 135 cm³/mol. The lowest BCUT2D eigenvalue weighted by Crippen LogP contribution is -2.45. The van der Waals surface area contributed by atoms with E-state index in [-0.39, 0.29) is 34.0 Å². The summed E-state index contributed by atoms with van der Waals surface area (Å²) in [5.74, 6) is 6.52. The van der Waals surface area contributed by atoms with Crippen molar-refractivity contribution in [3.05, 3.63) is 12.2 Å². The molecule has 1 aliphatic carbocycles. The van der Waals surface area contributed by atoms with Gasteiger partial charge in [0, 0.05) is 31.6 Å². The highest BCUT2D eigenvalue weighted by atomic mass is 28.4. The molecule has 0 N–H and O–H groups in total. The van der Waals surface area contributed by atoms with E-state index in [0.717, 1.165) is 0 Å². The molecule has 0 bridgehead atoms. The monoisotopic (exact) mass is 466 g/mol. The number of ketones is 1. The molecule has 3 atom stereocenters. The third kappa shape index (κ3) is 7.68. The van der Waals surface area contributed by atoms with Gasteiger partial charge in [0.2, 0.25) is 0 Å². The Balaban J connectivity index is 3.14. The van der Waals surface area contributed by atoms with Crippen LogP contribution in [0.2, 0.25) is 36.3 Å². The number of ether oxygens (including phenoxy) is 1. The second-order valence-corrected chi connectivity index (χ2v) is 21.2. The SMILES string of the molecule is C=C1C(=O)C[C@@H](O[Si](C)(C)C(C)(C)C)[C@@H]1C#C[C@@H](CCOCC)O[Si](C)(C)C(C)(C)C.